The van der Waals surface area contributed by atoms with E-state index in [0.717, 1.165) is 27.7 Å². The predicted octanol–water partition coefficient (Wildman–Crippen LogP) is 2.82. The topological polar surface area (TPSA) is 55.6 Å². The monoisotopic (exact) mass is 345 g/mol. The second-order valence-electron chi connectivity index (χ2n) is 4.80. The summed E-state index contributed by atoms with van der Waals surface area (Å²) < 4.78 is 2.56. The van der Waals surface area contributed by atoms with Crippen LogP contribution in [-0.4, -0.2) is 26.5 Å². The van der Waals surface area contributed by atoms with Crippen LogP contribution >= 0.6 is 15.9 Å². The molecule has 0 radical (unpaired) electrons. The van der Waals surface area contributed by atoms with Crippen molar-refractivity contribution in [1.29, 1.82) is 0 Å². The van der Waals surface area contributed by atoms with Gasteiger partial charge in [-0.1, -0.05) is 30.3 Å². The molecule has 0 saturated carbocycles. The number of pyridine rings is 1. The number of halogens is 1. The molecule has 1 N–H and O–H groups in total. The summed E-state index contributed by atoms with van der Waals surface area (Å²) in [6.45, 7) is 2.94. The highest BCUT2D eigenvalue weighted by atomic mass is 79.9. The van der Waals surface area contributed by atoms with E-state index in [2.05, 4.69) is 55.6 Å². The SMILES string of the molecule is CCNC(c1ccnc2ccccc12)c1c(Br)nnn1C. The van der Waals surface area contributed by atoms with Gasteiger partial charge in [0.25, 0.3) is 0 Å². The lowest BCUT2D eigenvalue weighted by Crippen LogP contribution is -2.25. The number of hydrogen-bond donors (Lipinski definition) is 1. The molecule has 0 aliphatic carbocycles. The second-order valence-corrected chi connectivity index (χ2v) is 5.55. The number of fused-ring (bicyclic) bond motifs is 1. The van der Waals surface area contributed by atoms with E-state index in [1.54, 1.807) is 4.68 Å². The smallest absolute Gasteiger partial charge is 0.153 e. The molecule has 3 rings (SSSR count). The fourth-order valence-corrected chi connectivity index (χ4v) is 3.13. The number of aryl methyl sites for hydroxylation is 1. The maximum atomic E-state index is 4.43. The summed E-state index contributed by atoms with van der Waals surface area (Å²) in [7, 11) is 1.90. The molecule has 0 amide bonds. The number of para-hydroxylation sites is 1. The van der Waals surface area contributed by atoms with E-state index in [9.17, 15) is 0 Å². The van der Waals surface area contributed by atoms with E-state index in [-0.39, 0.29) is 6.04 Å². The van der Waals surface area contributed by atoms with Crippen molar-refractivity contribution in [1.82, 2.24) is 25.3 Å². The molecule has 21 heavy (non-hydrogen) atoms. The van der Waals surface area contributed by atoms with Crippen molar-refractivity contribution in [2.45, 2.75) is 13.0 Å². The molecule has 2 heterocycles. The highest BCUT2D eigenvalue weighted by molar-refractivity contribution is 9.10. The lowest BCUT2D eigenvalue weighted by Gasteiger charge is -2.20. The Morgan fingerprint density at radius 2 is 2.10 bits per heavy atom. The molecule has 3 aromatic rings. The third-order valence-electron chi connectivity index (χ3n) is 3.50. The molecule has 0 bridgehead atoms. The Hall–Kier alpha value is -1.79. The van der Waals surface area contributed by atoms with Crippen molar-refractivity contribution in [3.63, 3.8) is 0 Å². The summed E-state index contributed by atoms with van der Waals surface area (Å²) in [6.07, 6.45) is 1.85. The van der Waals surface area contributed by atoms with E-state index in [0.29, 0.717) is 0 Å². The number of hydrogen-bond acceptors (Lipinski definition) is 4. The van der Waals surface area contributed by atoms with Crippen LogP contribution in [0.5, 0.6) is 0 Å². The second kappa shape index (κ2) is 5.91. The van der Waals surface area contributed by atoms with Crippen LogP contribution in [-0.2, 0) is 7.05 Å². The molecule has 0 aliphatic rings. The number of aromatic nitrogens is 4. The van der Waals surface area contributed by atoms with Crippen LogP contribution in [0.15, 0.2) is 41.1 Å². The van der Waals surface area contributed by atoms with Crippen molar-refractivity contribution < 1.29 is 0 Å². The first kappa shape index (κ1) is 14.2. The van der Waals surface area contributed by atoms with E-state index in [1.165, 1.54) is 5.56 Å². The first-order chi connectivity index (χ1) is 10.2. The van der Waals surface area contributed by atoms with Gasteiger partial charge in [-0.3, -0.25) is 4.98 Å². The normalized spacial score (nSPS) is 12.7. The highest BCUT2D eigenvalue weighted by Gasteiger charge is 2.22. The maximum absolute atomic E-state index is 4.43. The zero-order valence-corrected chi connectivity index (χ0v) is 13.5. The van der Waals surface area contributed by atoms with Crippen molar-refractivity contribution in [2.75, 3.05) is 6.54 Å². The Morgan fingerprint density at radius 1 is 1.29 bits per heavy atom. The number of rotatable bonds is 4. The van der Waals surface area contributed by atoms with Gasteiger partial charge < -0.3 is 5.32 Å². The Balaban J connectivity index is 2.21. The third-order valence-corrected chi connectivity index (χ3v) is 4.07. The number of nitrogens with one attached hydrogen (secondary N) is 1. The van der Waals surface area contributed by atoms with Gasteiger partial charge in [-0.2, -0.15) is 0 Å². The fraction of sp³-hybridized carbons (Fsp3) is 0.267. The highest BCUT2D eigenvalue weighted by Crippen LogP contribution is 2.30. The zero-order chi connectivity index (χ0) is 14.8. The Kier molecular flexibility index (Phi) is 3.98. The van der Waals surface area contributed by atoms with Crippen LogP contribution in [0.2, 0.25) is 0 Å². The molecule has 1 aromatic carbocycles. The predicted molar refractivity (Wildman–Crippen MR) is 86.0 cm³/mol. The van der Waals surface area contributed by atoms with Crippen molar-refractivity contribution in [2.24, 2.45) is 7.05 Å². The van der Waals surface area contributed by atoms with Crippen molar-refractivity contribution >= 4 is 26.8 Å². The maximum Gasteiger partial charge on any atom is 0.153 e. The molecule has 0 aliphatic heterocycles. The molecular formula is C15H16BrN5. The quantitative estimate of drug-likeness (QED) is 0.789. The summed E-state index contributed by atoms with van der Waals surface area (Å²) in [5, 5.41) is 12.8. The molecule has 1 atom stereocenters. The van der Waals surface area contributed by atoms with E-state index < -0.39 is 0 Å². The Morgan fingerprint density at radius 3 is 2.81 bits per heavy atom. The molecule has 0 spiro atoms. The van der Waals surface area contributed by atoms with Crippen LogP contribution in [0, 0.1) is 0 Å². The van der Waals surface area contributed by atoms with Crippen molar-refractivity contribution in [3.8, 4) is 0 Å². The van der Waals surface area contributed by atoms with Crippen LogP contribution in [0.3, 0.4) is 0 Å². The standard InChI is InChI=1S/C15H16BrN5/c1-3-17-13(14-15(16)19-20-21(14)2)11-8-9-18-12-7-5-4-6-10(11)12/h4-9,13,17H,3H2,1-2H3. The summed E-state index contributed by atoms with van der Waals surface area (Å²) in [5.41, 5.74) is 3.17. The minimum absolute atomic E-state index is 0.0114. The fourth-order valence-electron chi connectivity index (χ4n) is 2.57. The molecule has 0 saturated heterocycles. The van der Waals surface area contributed by atoms with Gasteiger partial charge in [0.05, 0.1) is 17.3 Å². The van der Waals surface area contributed by atoms with Gasteiger partial charge >= 0.3 is 0 Å². The van der Waals surface area contributed by atoms with Gasteiger partial charge in [0.2, 0.25) is 0 Å². The molecule has 0 fully saturated rings. The summed E-state index contributed by atoms with van der Waals surface area (Å²) in [6, 6.07) is 10.2. The van der Waals surface area contributed by atoms with Crippen LogP contribution in [0.25, 0.3) is 10.9 Å². The average molecular weight is 346 g/mol. The first-order valence-corrected chi connectivity index (χ1v) is 7.63. The van der Waals surface area contributed by atoms with Gasteiger partial charge in [-0.05, 0) is 40.2 Å². The lowest BCUT2D eigenvalue weighted by atomic mass is 9.99. The van der Waals surface area contributed by atoms with Gasteiger partial charge in [0.15, 0.2) is 4.60 Å². The number of benzene rings is 1. The van der Waals surface area contributed by atoms with Gasteiger partial charge in [0, 0.05) is 18.6 Å². The van der Waals surface area contributed by atoms with E-state index in [1.807, 2.05) is 31.4 Å². The zero-order valence-electron chi connectivity index (χ0n) is 11.9. The molecule has 5 nitrogen and oxygen atoms in total. The largest absolute Gasteiger partial charge is 0.305 e. The van der Waals surface area contributed by atoms with Crippen LogP contribution < -0.4 is 5.32 Å². The Labute approximate surface area is 131 Å². The minimum atomic E-state index is 0.0114. The first-order valence-electron chi connectivity index (χ1n) is 6.84. The molecular weight excluding hydrogens is 330 g/mol. The van der Waals surface area contributed by atoms with E-state index >= 15 is 0 Å². The molecule has 2 aromatic heterocycles. The van der Waals surface area contributed by atoms with Gasteiger partial charge in [0.1, 0.15) is 0 Å². The lowest BCUT2D eigenvalue weighted by molar-refractivity contribution is 0.569. The third kappa shape index (κ3) is 2.56. The minimum Gasteiger partial charge on any atom is -0.305 e. The van der Waals surface area contributed by atoms with Crippen LogP contribution in [0.4, 0.5) is 0 Å². The number of nitrogens with zero attached hydrogens (tertiary/aromatic N) is 4. The average Bonchev–Trinajstić information content (AvgIpc) is 2.84. The van der Waals surface area contributed by atoms with Gasteiger partial charge in [-0.25, -0.2) is 4.68 Å². The molecule has 1 unspecified atom stereocenters. The van der Waals surface area contributed by atoms with E-state index in [4.69, 9.17) is 0 Å². The summed E-state index contributed by atoms with van der Waals surface area (Å²) in [5.74, 6) is 0. The Bertz CT molecular complexity index is 743. The van der Waals surface area contributed by atoms with Crippen LogP contribution in [0.1, 0.15) is 24.2 Å². The van der Waals surface area contributed by atoms with Crippen molar-refractivity contribution in [3.05, 3.63) is 52.4 Å². The summed E-state index contributed by atoms with van der Waals surface area (Å²) >= 11 is 3.50. The molecule has 6 heteroatoms. The summed E-state index contributed by atoms with van der Waals surface area (Å²) in [4.78, 5) is 4.43. The molecule has 108 valence electrons. The van der Waals surface area contributed by atoms with Gasteiger partial charge in [-0.15, -0.1) is 5.10 Å².